The highest BCUT2D eigenvalue weighted by Gasteiger charge is 2.31. The van der Waals surface area contributed by atoms with Crippen LogP contribution in [0.5, 0.6) is 5.88 Å². The van der Waals surface area contributed by atoms with Crippen molar-refractivity contribution in [2.24, 2.45) is 0 Å². The van der Waals surface area contributed by atoms with Crippen molar-refractivity contribution in [3.63, 3.8) is 0 Å². The highest BCUT2D eigenvalue weighted by Crippen LogP contribution is 2.28. The molecule has 1 aromatic heterocycles. The Morgan fingerprint density at radius 3 is 3.05 bits per heavy atom. The Morgan fingerprint density at radius 2 is 2.27 bits per heavy atom. The minimum absolute atomic E-state index is 0.173. The number of carbonyl (C=O) groups excluding carboxylic acids is 1. The van der Waals surface area contributed by atoms with Crippen LogP contribution in [-0.2, 0) is 11.2 Å². The van der Waals surface area contributed by atoms with Crippen molar-refractivity contribution in [2.75, 3.05) is 25.0 Å². The highest BCUT2D eigenvalue weighted by molar-refractivity contribution is 5.68. The van der Waals surface area contributed by atoms with E-state index in [4.69, 9.17) is 9.47 Å². The zero-order valence-corrected chi connectivity index (χ0v) is 13.3. The van der Waals surface area contributed by atoms with Gasteiger partial charge >= 0.3 is 6.09 Å². The number of nitrogens with one attached hydrogen (secondary N) is 1. The molecule has 3 rings (SSSR count). The van der Waals surface area contributed by atoms with E-state index in [2.05, 4.69) is 15.3 Å². The van der Waals surface area contributed by atoms with Gasteiger partial charge in [0.15, 0.2) is 0 Å². The first-order chi connectivity index (χ1) is 10.4. The molecule has 1 atom stereocenters. The zero-order valence-electron chi connectivity index (χ0n) is 13.3. The molecule has 1 saturated heterocycles. The summed E-state index contributed by atoms with van der Waals surface area (Å²) in [6, 6.07) is 0.173. The molecule has 1 amide bonds. The van der Waals surface area contributed by atoms with Gasteiger partial charge in [-0.1, -0.05) is 0 Å². The van der Waals surface area contributed by atoms with E-state index < -0.39 is 5.60 Å². The fourth-order valence-electron chi connectivity index (χ4n) is 2.68. The number of rotatable bonds is 2. The number of ether oxygens (including phenoxy) is 2. The molecule has 0 radical (unpaired) electrons. The Kier molecular flexibility index (Phi) is 3.80. The monoisotopic (exact) mass is 306 g/mol. The zero-order chi connectivity index (χ0) is 15.7. The lowest BCUT2D eigenvalue weighted by atomic mass is 10.2. The number of carbonyl (C=O) groups is 1. The normalized spacial score (nSPS) is 20.5. The van der Waals surface area contributed by atoms with Crippen molar-refractivity contribution in [1.29, 1.82) is 0 Å². The van der Waals surface area contributed by atoms with Crippen LogP contribution in [0.15, 0.2) is 6.33 Å². The molecule has 1 N–H and O–H groups in total. The third kappa shape index (κ3) is 3.23. The maximum absolute atomic E-state index is 12.1. The minimum Gasteiger partial charge on any atom is -0.477 e. The fraction of sp³-hybridized carbons (Fsp3) is 0.667. The first-order valence-electron chi connectivity index (χ1n) is 7.63. The standard InChI is InChI=1S/C15H22N4O3/c1-15(2,3)22-14(20)19-6-4-10(8-19)18-12-11-5-7-21-13(11)17-9-16-12/h9-10H,4-8H2,1-3H3,(H,16,17,18). The van der Waals surface area contributed by atoms with Gasteiger partial charge in [0.25, 0.3) is 0 Å². The van der Waals surface area contributed by atoms with E-state index in [1.807, 2.05) is 20.8 Å². The van der Waals surface area contributed by atoms with E-state index in [0.717, 1.165) is 24.2 Å². The number of likely N-dealkylation sites (tertiary alicyclic amines) is 1. The Hall–Kier alpha value is -2.05. The van der Waals surface area contributed by atoms with Crippen molar-refractivity contribution >= 4 is 11.9 Å². The van der Waals surface area contributed by atoms with Crippen LogP contribution in [0, 0.1) is 0 Å². The quantitative estimate of drug-likeness (QED) is 0.898. The number of fused-ring (bicyclic) bond motifs is 1. The number of nitrogens with zero attached hydrogens (tertiary/aromatic N) is 3. The van der Waals surface area contributed by atoms with Crippen molar-refractivity contribution in [3.05, 3.63) is 11.9 Å². The highest BCUT2D eigenvalue weighted by atomic mass is 16.6. The largest absolute Gasteiger partial charge is 0.477 e. The van der Waals surface area contributed by atoms with Crippen LogP contribution in [0.3, 0.4) is 0 Å². The molecule has 0 saturated carbocycles. The molecule has 1 unspecified atom stereocenters. The number of hydrogen-bond donors (Lipinski definition) is 1. The maximum atomic E-state index is 12.1. The molecular formula is C15H22N4O3. The second-order valence-corrected chi connectivity index (χ2v) is 6.66. The molecule has 120 valence electrons. The third-order valence-electron chi connectivity index (χ3n) is 3.68. The minimum atomic E-state index is -0.465. The van der Waals surface area contributed by atoms with Crippen molar-refractivity contribution in [2.45, 2.75) is 45.3 Å². The van der Waals surface area contributed by atoms with Gasteiger partial charge in [0.05, 0.1) is 12.2 Å². The predicted molar refractivity (Wildman–Crippen MR) is 81.1 cm³/mol. The van der Waals surface area contributed by atoms with Gasteiger partial charge in [-0.15, -0.1) is 0 Å². The summed E-state index contributed by atoms with van der Waals surface area (Å²) in [7, 11) is 0. The van der Waals surface area contributed by atoms with E-state index in [0.29, 0.717) is 25.6 Å². The van der Waals surface area contributed by atoms with Crippen molar-refractivity contribution < 1.29 is 14.3 Å². The molecule has 22 heavy (non-hydrogen) atoms. The molecule has 0 spiro atoms. The first-order valence-corrected chi connectivity index (χ1v) is 7.63. The Bertz CT molecular complexity index is 570. The summed E-state index contributed by atoms with van der Waals surface area (Å²) >= 11 is 0. The van der Waals surface area contributed by atoms with E-state index >= 15 is 0 Å². The van der Waals surface area contributed by atoms with Crippen LogP contribution in [0.4, 0.5) is 10.6 Å². The summed E-state index contributed by atoms with van der Waals surface area (Å²) in [6.45, 7) is 7.59. The summed E-state index contributed by atoms with van der Waals surface area (Å²) in [6.07, 6.45) is 2.94. The average Bonchev–Trinajstić information content (AvgIpc) is 3.05. The second-order valence-electron chi connectivity index (χ2n) is 6.66. The third-order valence-corrected chi connectivity index (χ3v) is 3.68. The van der Waals surface area contributed by atoms with Crippen LogP contribution >= 0.6 is 0 Å². The van der Waals surface area contributed by atoms with Gasteiger partial charge in [-0.05, 0) is 27.2 Å². The first kappa shape index (κ1) is 14.9. The Balaban J connectivity index is 1.60. The van der Waals surface area contributed by atoms with E-state index in [1.54, 1.807) is 4.90 Å². The smallest absolute Gasteiger partial charge is 0.410 e. The van der Waals surface area contributed by atoms with Crippen LogP contribution in [0.1, 0.15) is 32.8 Å². The van der Waals surface area contributed by atoms with Crippen LogP contribution in [0.25, 0.3) is 0 Å². The van der Waals surface area contributed by atoms with Crippen LogP contribution in [-0.4, -0.2) is 52.3 Å². The van der Waals surface area contributed by atoms with Gasteiger partial charge in [0.2, 0.25) is 5.88 Å². The lowest BCUT2D eigenvalue weighted by molar-refractivity contribution is 0.0293. The van der Waals surface area contributed by atoms with E-state index in [1.165, 1.54) is 6.33 Å². The number of hydrogen-bond acceptors (Lipinski definition) is 6. The topological polar surface area (TPSA) is 76.6 Å². The predicted octanol–water partition coefficient (Wildman–Crippen LogP) is 1.83. The van der Waals surface area contributed by atoms with Crippen molar-refractivity contribution in [3.8, 4) is 5.88 Å². The summed E-state index contributed by atoms with van der Waals surface area (Å²) in [5.41, 5.74) is 0.561. The Labute approximate surface area is 130 Å². The van der Waals surface area contributed by atoms with Gasteiger partial charge in [0.1, 0.15) is 17.7 Å². The second kappa shape index (κ2) is 5.62. The summed E-state index contributed by atoms with van der Waals surface area (Å²) in [4.78, 5) is 22.2. The van der Waals surface area contributed by atoms with E-state index in [9.17, 15) is 4.79 Å². The number of anilines is 1. The summed E-state index contributed by atoms with van der Waals surface area (Å²) in [5.74, 6) is 1.48. The molecule has 0 aliphatic carbocycles. The Morgan fingerprint density at radius 1 is 1.45 bits per heavy atom. The van der Waals surface area contributed by atoms with Gasteiger partial charge < -0.3 is 19.7 Å². The average molecular weight is 306 g/mol. The SMILES string of the molecule is CC(C)(C)OC(=O)N1CCC(Nc2ncnc3c2CCO3)C1. The summed E-state index contributed by atoms with van der Waals surface area (Å²) < 4.78 is 10.8. The fourth-order valence-corrected chi connectivity index (χ4v) is 2.68. The maximum Gasteiger partial charge on any atom is 0.410 e. The number of amides is 1. The van der Waals surface area contributed by atoms with Crippen LogP contribution in [0.2, 0.25) is 0 Å². The summed E-state index contributed by atoms with van der Waals surface area (Å²) in [5, 5.41) is 3.41. The molecule has 2 aliphatic rings. The van der Waals surface area contributed by atoms with Gasteiger partial charge in [-0.25, -0.2) is 14.8 Å². The molecule has 1 fully saturated rings. The molecule has 3 heterocycles. The molecule has 2 aliphatic heterocycles. The lowest BCUT2D eigenvalue weighted by Crippen LogP contribution is -2.36. The molecule has 0 aromatic carbocycles. The van der Waals surface area contributed by atoms with Gasteiger partial charge in [0, 0.05) is 25.6 Å². The lowest BCUT2D eigenvalue weighted by Gasteiger charge is -2.24. The van der Waals surface area contributed by atoms with E-state index in [-0.39, 0.29) is 12.1 Å². The van der Waals surface area contributed by atoms with Gasteiger partial charge in [-0.2, -0.15) is 0 Å². The molecular weight excluding hydrogens is 284 g/mol. The van der Waals surface area contributed by atoms with Crippen molar-refractivity contribution in [1.82, 2.24) is 14.9 Å². The molecule has 0 bridgehead atoms. The molecule has 1 aromatic rings. The molecule has 7 nitrogen and oxygen atoms in total. The van der Waals surface area contributed by atoms with Gasteiger partial charge in [-0.3, -0.25) is 0 Å². The number of aromatic nitrogens is 2. The van der Waals surface area contributed by atoms with Crippen LogP contribution < -0.4 is 10.1 Å². The molecule has 7 heteroatoms.